The second-order valence-corrected chi connectivity index (χ2v) is 17.9. The summed E-state index contributed by atoms with van der Waals surface area (Å²) in [6.45, 7) is -0.452. The van der Waals surface area contributed by atoms with Gasteiger partial charge in [-0.25, -0.2) is 0 Å². The van der Waals surface area contributed by atoms with E-state index in [4.69, 9.17) is 20.1 Å². The molecule has 0 amide bonds. The molecule has 0 saturated heterocycles. The first-order valence-electron chi connectivity index (χ1n) is 22.7. The molecule has 0 bridgehead atoms. The van der Waals surface area contributed by atoms with E-state index in [0.29, 0.717) is 5.56 Å². The quantitative estimate of drug-likeness (QED) is 0.163. The van der Waals surface area contributed by atoms with Crippen molar-refractivity contribution in [3.05, 3.63) is 170 Å². The summed E-state index contributed by atoms with van der Waals surface area (Å²) in [4.78, 5) is 3.72. The van der Waals surface area contributed by atoms with Crippen molar-refractivity contribution in [2.24, 2.45) is 0 Å². The number of nitrogens with zero attached hydrogens (tertiary/aromatic N) is 1. The van der Waals surface area contributed by atoms with Gasteiger partial charge in [0.1, 0.15) is 33.5 Å². The summed E-state index contributed by atoms with van der Waals surface area (Å²) in [5.41, 5.74) is 11.5. The smallest absolute Gasteiger partial charge is 0.257 e. The van der Waals surface area contributed by atoms with E-state index in [1.54, 1.807) is 23.5 Å². The third kappa shape index (κ3) is 4.20. The van der Waals surface area contributed by atoms with Crippen molar-refractivity contribution in [3.63, 3.8) is 0 Å². The number of fused-ring (bicyclic) bond motifs is 22. The molecule has 0 fully saturated rings. The summed E-state index contributed by atoms with van der Waals surface area (Å²) in [5, 5.41) is 8.19. The predicted molar refractivity (Wildman–Crippen MR) is 254 cm³/mol. The van der Waals surface area contributed by atoms with Crippen LogP contribution in [0.15, 0.2) is 203 Å². The van der Waals surface area contributed by atoms with Crippen LogP contribution < -0.4 is 16.4 Å². The summed E-state index contributed by atoms with van der Waals surface area (Å²) in [6.07, 6.45) is 0. The Morgan fingerprint density at radius 3 is 1.62 bits per heavy atom. The van der Waals surface area contributed by atoms with Crippen LogP contribution in [0.1, 0.15) is 6.85 Å². The lowest BCUT2D eigenvalue weighted by Crippen LogP contribution is -2.58. The number of rotatable bonds is 2. The lowest BCUT2D eigenvalue weighted by molar-refractivity contribution is 0.657. The van der Waals surface area contributed by atoms with Crippen LogP contribution >= 0.6 is 23.5 Å². The predicted octanol–water partition coefficient (Wildman–Crippen LogP) is 13.6. The molecule has 13 aromatic rings. The fraction of sp³-hybridized carbons (Fsp3) is 0. The van der Waals surface area contributed by atoms with Gasteiger partial charge in [0, 0.05) is 63.5 Å². The van der Waals surface area contributed by atoms with Gasteiger partial charge in [0.15, 0.2) is 0 Å². The van der Waals surface area contributed by atoms with Crippen LogP contribution in [0.4, 0.5) is 0 Å². The van der Waals surface area contributed by atoms with Crippen molar-refractivity contribution in [3.8, 4) is 16.8 Å². The highest BCUT2D eigenvalue weighted by molar-refractivity contribution is 8.01. The van der Waals surface area contributed by atoms with Crippen LogP contribution in [0.25, 0.3) is 104 Å². The van der Waals surface area contributed by atoms with E-state index in [0.717, 1.165) is 129 Å². The molecule has 0 saturated carbocycles. The van der Waals surface area contributed by atoms with Crippen molar-refractivity contribution < 1.29 is 20.1 Å². The highest BCUT2D eigenvalue weighted by Gasteiger charge is 2.46. The second-order valence-electron chi connectivity index (χ2n) is 15.8. The van der Waals surface area contributed by atoms with Gasteiger partial charge in [-0.1, -0.05) is 145 Å². The maximum atomic E-state index is 9.15. The maximum Gasteiger partial charge on any atom is 0.257 e. The zero-order chi connectivity index (χ0) is 43.9. The van der Waals surface area contributed by atoms with Gasteiger partial charge in [0.05, 0.1) is 22.8 Å². The van der Waals surface area contributed by atoms with Crippen LogP contribution in [0.2, 0.25) is 0 Å². The molecule has 0 unspecified atom stereocenters. The van der Waals surface area contributed by atoms with Crippen LogP contribution in [-0.2, 0) is 0 Å². The number of para-hydroxylation sites is 5. The number of benzene rings is 9. The SMILES string of the molecule is [2H]c1c([2H])c([2H])c(-c2cc3c4c(c2)Sc2c(c5oc6ccccc6c5c5c6ccccc6n(-c6ccccc6)c25)B4c2c(c4oc5ccccc5c4c4c2oc2ccccc24)S3)c([2H])c1[2H]. The fourth-order valence-corrected chi connectivity index (χ4v) is 13.1. The Balaban J connectivity index is 1.19. The number of furan rings is 3. The van der Waals surface area contributed by atoms with Crippen molar-refractivity contribution in [2.45, 2.75) is 19.6 Å². The van der Waals surface area contributed by atoms with Gasteiger partial charge in [-0.2, -0.15) is 0 Å². The largest absolute Gasteiger partial charge is 0.457 e. The summed E-state index contributed by atoms with van der Waals surface area (Å²) >= 11 is 3.24. The van der Waals surface area contributed by atoms with E-state index >= 15 is 0 Å². The minimum absolute atomic E-state index is 0.160. The Morgan fingerprint density at radius 1 is 0.459 bits per heavy atom. The summed E-state index contributed by atoms with van der Waals surface area (Å²) in [5.74, 6) is 0. The molecule has 15 rings (SSSR count). The third-order valence-corrected chi connectivity index (χ3v) is 15.1. The molecule has 61 heavy (non-hydrogen) atoms. The van der Waals surface area contributed by atoms with Gasteiger partial charge in [-0.05, 0) is 76.0 Å². The lowest BCUT2D eigenvalue weighted by atomic mass is 9.35. The number of hydrogen-bond donors (Lipinski definition) is 0. The monoisotopic (exact) mass is 818 g/mol. The zero-order valence-electron chi connectivity index (χ0n) is 36.8. The molecular weight excluding hydrogens is 786 g/mol. The van der Waals surface area contributed by atoms with E-state index < -0.39 is 12.8 Å². The van der Waals surface area contributed by atoms with Gasteiger partial charge >= 0.3 is 0 Å². The first kappa shape index (κ1) is 28.4. The van der Waals surface area contributed by atoms with Crippen LogP contribution in [0.3, 0.4) is 0 Å². The Kier molecular flexibility index (Phi) is 5.51. The molecule has 2 aliphatic rings. The molecule has 4 nitrogen and oxygen atoms in total. The first-order valence-corrected chi connectivity index (χ1v) is 21.8. The highest BCUT2D eigenvalue weighted by Crippen LogP contribution is 2.52. The van der Waals surface area contributed by atoms with E-state index in [2.05, 4.69) is 83.4 Å². The molecule has 6 heterocycles. The zero-order valence-corrected chi connectivity index (χ0v) is 33.5. The molecular formula is C54H28BNO3S2. The number of hydrogen-bond acceptors (Lipinski definition) is 5. The average Bonchev–Trinajstić information content (AvgIpc) is 4.12. The second kappa shape index (κ2) is 11.8. The minimum atomic E-state index is -0.452. The summed E-state index contributed by atoms with van der Waals surface area (Å²) < 4.78 is 67.9. The Labute approximate surface area is 363 Å². The molecule has 0 radical (unpaired) electrons. The van der Waals surface area contributed by atoms with Gasteiger partial charge in [0.2, 0.25) is 0 Å². The molecule has 0 aliphatic carbocycles. The highest BCUT2D eigenvalue weighted by atomic mass is 32.2. The Hall–Kier alpha value is -7.06. The molecule has 0 spiro atoms. The first-order chi connectivity index (χ1) is 32.4. The van der Waals surface area contributed by atoms with E-state index in [1.165, 1.54) is 0 Å². The maximum absolute atomic E-state index is 9.15. The Bertz CT molecular complexity index is 4350. The topological polar surface area (TPSA) is 44.4 Å². The van der Waals surface area contributed by atoms with Crippen LogP contribution in [0, 0.1) is 0 Å². The van der Waals surface area contributed by atoms with E-state index in [1.807, 2.05) is 60.7 Å². The minimum Gasteiger partial charge on any atom is -0.457 e. The van der Waals surface area contributed by atoms with Gasteiger partial charge < -0.3 is 17.8 Å². The van der Waals surface area contributed by atoms with Crippen molar-refractivity contribution in [1.29, 1.82) is 0 Å². The fourth-order valence-electron chi connectivity index (χ4n) is 10.4. The molecule has 2 aliphatic heterocycles. The summed E-state index contributed by atoms with van der Waals surface area (Å²) in [6, 6.07) is 46.1. The molecule has 0 N–H and O–H groups in total. The molecule has 9 aromatic carbocycles. The molecule has 282 valence electrons. The van der Waals surface area contributed by atoms with Gasteiger partial charge in [-0.3, -0.25) is 0 Å². The van der Waals surface area contributed by atoms with E-state index in [9.17, 15) is 0 Å². The van der Waals surface area contributed by atoms with E-state index in [-0.39, 0.29) is 29.7 Å². The van der Waals surface area contributed by atoms with Crippen molar-refractivity contribution in [2.75, 3.05) is 0 Å². The Morgan fingerprint density at radius 2 is 0.967 bits per heavy atom. The third-order valence-electron chi connectivity index (χ3n) is 12.8. The molecule has 0 atom stereocenters. The van der Waals surface area contributed by atoms with Crippen molar-refractivity contribution in [1.82, 2.24) is 4.57 Å². The van der Waals surface area contributed by atoms with Gasteiger partial charge in [0.25, 0.3) is 6.71 Å². The molecule has 4 aromatic heterocycles. The standard InChI is InChI=1S/C54H28BNO3S2/c1-3-15-29(16-4-1)30-27-40-46-41(28-30)61-54-48(51-44(34-21-9-13-25-38(34)58-51)45-35-22-10-14-26-39(35)59-52(45)54)55(46)47-50-43(33-20-8-12-24-37(33)57-50)42-32-19-7-11-23-36(32)56(49(42)53(47)60-40)31-17-5-2-6-18-31/h1-28H/i1D,3D,4D,15D,16D. The van der Waals surface area contributed by atoms with Crippen LogP contribution in [-0.4, -0.2) is 11.3 Å². The number of aromatic nitrogens is 1. The molecule has 7 heteroatoms. The normalized spacial score (nSPS) is 14.6. The summed E-state index contributed by atoms with van der Waals surface area (Å²) in [7, 11) is 0. The van der Waals surface area contributed by atoms with Crippen molar-refractivity contribution >= 4 is 134 Å². The van der Waals surface area contributed by atoms with Gasteiger partial charge in [-0.15, -0.1) is 0 Å². The average molecular weight is 819 g/mol. The van der Waals surface area contributed by atoms with Crippen LogP contribution in [0.5, 0.6) is 0 Å². The lowest BCUT2D eigenvalue weighted by Gasteiger charge is -2.34.